The average molecular weight is 269 g/mol. The van der Waals surface area contributed by atoms with Gasteiger partial charge in [0.25, 0.3) is 0 Å². The van der Waals surface area contributed by atoms with Crippen LogP contribution in [-0.4, -0.2) is 52.7 Å². The van der Waals surface area contributed by atoms with Gasteiger partial charge in [0.1, 0.15) is 6.54 Å². The van der Waals surface area contributed by atoms with Gasteiger partial charge in [0.05, 0.1) is 0 Å². The molecule has 7 nitrogen and oxygen atoms in total. The Labute approximate surface area is 111 Å². The van der Waals surface area contributed by atoms with Crippen LogP contribution in [0.2, 0.25) is 0 Å². The molecule has 5 amide bonds. The molecule has 1 saturated heterocycles. The SMILES string of the molecule is CC(C)CN1C(=O)C(=O)N(CC(=O)NC(C)C)C1=O. The summed E-state index contributed by atoms with van der Waals surface area (Å²) in [6.45, 7) is 6.95. The summed E-state index contributed by atoms with van der Waals surface area (Å²) in [5.41, 5.74) is 0. The lowest BCUT2D eigenvalue weighted by atomic mass is 10.2. The number of rotatable bonds is 5. The van der Waals surface area contributed by atoms with E-state index in [1.54, 1.807) is 13.8 Å². The van der Waals surface area contributed by atoms with E-state index >= 15 is 0 Å². The predicted molar refractivity (Wildman–Crippen MR) is 66.9 cm³/mol. The van der Waals surface area contributed by atoms with Gasteiger partial charge in [-0.25, -0.2) is 9.69 Å². The molecule has 19 heavy (non-hydrogen) atoms. The van der Waals surface area contributed by atoms with Crippen LogP contribution < -0.4 is 5.32 Å². The maximum Gasteiger partial charge on any atom is 0.334 e. The zero-order valence-corrected chi connectivity index (χ0v) is 11.6. The summed E-state index contributed by atoms with van der Waals surface area (Å²) in [4.78, 5) is 48.3. The third kappa shape index (κ3) is 3.52. The van der Waals surface area contributed by atoms with Crippen molar-refractivity contribution in [1.82, 2.24) is 15.1 Å². The zero-order valence-electron chi connectivity index (χ0n) is 11.6. The predicted octanol–water partition coefficient (Wildman–Crippen LogP) is -0.0422. The van der Waals surface area contributed by atoms with Crippen LogP contribution in [0.25, 0.3) is 0 Å². The van der Waals surface area contributed by atoms with E-state index in [9.17, 15) is 19.2 Å². The van der Waals surface area contributed by atoms with E-state index in [1.165, 1.54) is 0 Å². The Morgan fingerprint density at radius 3 is 2.05 bits per heavy atom. The lowest BCUT2D eigenvalue weighted by Gasteiger charge is -2.17. The van der Waals surface area contributed by atoms with Gasteiger partial charge in [-0.2, -0.15) is 0 Å². The van der Waals surface area contributed by atoms with E-state index in [0.717, 1.165) is 4.90 Å². The van der Waals surface area contributed by atoms with E-state index in [4.69, 9.17) is 0 Å². The molecule has 0 bridgehead atoms. The van der Waals surface area contributed by atoms with Gasteiger partial charge < -0.3 is 5.32 Å². The van der Waals surface area contributed by atoms with Crippen molar-refractivity contribution < 1.29 is 19.2 Å². The van der Waals surface area contributed by atoms with Crippen LogP contribution in [-0.2, 0) is 14.4 Å². The van der Waals surface area contributed by atoms with E-state index in [0.29, 0.717) is 4.90 Å². The summed E-state index contributed by atoms with van der Waals surface area (Å²) < 4.78 is 0. The van der Waals surface area contributed by atoms with Crippen LogP contribution in [0.3, 0.4) is 0 Å². The van der Waals surface area contributed by atoms with E-state index in [-0.39, 0.29) is 18.5 Å². The number of imide groups is 2. The van der Waals surface area contributed by atoms with E-state index < -0.39 is 30.3 Å². The largest absolute Gasteiger partial charge is 0.352 e. The Kier molecular flexibility index (Phi) is 4.63. The van der Waals surface area contributed by atoms with Crippen molar-refractivity contribution in [3.63, 3.8) is 0 Å². The monoisotopic (exact) mass is 269 g/mol. The highest BCUT2D eigenvalue weighted by Crippen LogP contribution is 2.13. The van der Waals surface area contributed by atoms with Gasteiger partial charge in [-0.3, -0.25) is 19.3 Å². The number of urea groups is 1. The summed E-state index contributed by atoms with van der Waals surface area (Å²) in [6.07, 6.45) is 0. The molecule has 0 aromatic heterocycles. The number of nitrogens with zero attached hydrogens (tertiary/aromatic N) is 2. The van der Waals surface area contributed by atoms with Crippen LogP contribution >= 0.6 is 0 Å². The average Bonchev–Trinajstić information content (AvgIpc) is 2.45. The fraction of sp³-hybridized carbons (Fsp3) is 0.667. The van der Waals surface area contributed by atoms with Gasteiger partial charge in [-0.05, 0) is 19.8 Å². The van der Waals surface area contributed by atoms with Crippen molar-refractivity contribution >= 4 is 23.8 Å². The zero-order chi connectivity index (χ0) is 14.7. The molecule has 0 aromatic carbocycles. The minimum atomic E-state index is -0.940. The molecule has 106 valence electrons. The lowest BCUT2D eigenvalue weighted by Crippen LogP contribution is -2.43. The lowest BCUT2D eigenvalue weighted by molar-refractivity contribution is -0.144. The second kappa shape index (κ2) is 5.81. The molecule has 0 spiro atoms. The summed E-state index contributed by atoms with van der Waals surface area (Å²) in [6, 6.07) is -0.814. The Hall–Kier alpha value is -1.92. The molecule has 1 N–H and O–H groups in total. The molecular formula is C12H19N3O4. The molecule has 0 aliphatic carbocycles. The fourth-order valence-corrected chi connectivity index (χ4v) is 1.73. The molecule has 1 rings (SSSR count). The molecule has 0 saturated carbocycles. The minimum absolute atomic E-state index is 0.0603. The van der Waals surface area contributed by atoms with Crippen molar-refractivity contribution in [1.29, 1.82) is 0 Å². The van der Waals surface area contributed by atoms with Crippen molar-refractivity contribution in [2.45, 2.75) is 33.7 Å². The molecule has 0 unspecified atom stereocenters. The summed E-state index contributed by atoms with van der Waals surface area (Å²) >= 11 is 0. The molecule has 1 aliphatic heterocycles. The van der Waals surface area contributed by atoms with Crippen molar-refractivity contribution in [3.8, 4) is 0 Å². The number of nitrogens with one attached hydrogen (secondary N) is 1. The first-order chi connectivity index (χ1) is 8.73. The Morgan fingerprint density at radius 1 is 1.05 bits per heavy atom. The fourth-order valence-electron chi connectivity index (χ4n) is 1.73. The van der Waals surface area contributed by atoms with Crippen LogP contribution in [0, 0.1) is 5.92 Å². The van der Waals surface area contributed by atoms with E-state index in [2.05, 4.69) is 5.32 Å². The maximum atomic E-state index is 11.9. The first-order valence-corrected chi connectivity index (χ1v) is 6.20. The van der Waals surface area contributed by atoms with Crippen LogP contribution in [0.4, 0.5) is 4.79 Å². The van der Waals surface area contributed by atoms with Crippen molar-refractivity contribution in [2.75, 3.05) is 13.1 Å². The second-order valence-electron chi connectivity index (χ2n) is 5.21. The van der Waals surface area contributed by atoms with Gasteiger partial charge in [0.15, 0.2) is 0 Å². The first-order valence-electron chi connectivity index (χ1n) is 6.20. The Morgan fingerprint density at radius 2 is 1.58 bits per heavy atom. The number of carbonyl (C=O) groups is 4. The Bertz CT molecular complexity index is 417. The van der Waals surface area contributed by atoms with E-state index in [1.807, 2.05) is 13.8 Å². The number of carbonyl (C=O) groups excluding carboxylic acids is 4. The number of hydrogen-bond acceptors (Lipinski definition) is 4. The standard InChI is InChI=1S/C12H19N3O4/c1-7(2)5-14-10(17)11(18)15(12(14)19)6-9(16)13-8(3)4/h7-8H,5-6H2,1-4H3,(H,13,16). The highest BCUT2D eigenvalue weighted by atomic mass is 16.2. The normalized spacial score (nSPS) is 16.0. The molecule has 0 atom stereocenters. The van der Waals surface area contributed by atoms with Gasteiger partial charge >= 0.3 is 17.8 Å². The maximum absolute atomic E-state index is 11.9. The first kappa shape index (κ1) is 15.1. The minimum Gasteiger partial charge on any atom is -0.352 e. The molecule has 1 fully saturated rings. The summed E-state index contributed by atoms with van der Waals surface area (Å²) in [5.74, 6) is -2.21. The molecule has 1 heterocycles. The van der Waals surface area contributed by atoms with Crippen molar-refractivity contribution in [3.05, 3.63) is 0 Å². The molecule has 1 aliphatic rings. The van der Waals surface area contributed by atoms with Gasteiger partial charge in [0.2, 0.25) is 5.91 Å². The van der Waals surface area contributed by atoms with Crippen molar-refractivity contribution in [2.24, 2.45) is 5.92 Å². The van der Waals surface area contributed by atoms with Gasteiger partial charge in [-0.1, -0.05) is 13.8 Å². The number of hydrogen-bond donors (Lipinski definition) is 1. The van der Waals surface area contributed by atoms with Crippen LogP contribution in [0.5, 0.6) is 0 Å². The molecule has 0 aromatic rings. The van der Waals surface area contributed by atoms with Gasteiger partial charge in [0, 0.05) is 12.6 Å². The highest BCUT2D eigenvalue weighted by Gasteiger charge is 2.45. The van der Waals surface area contributed by atoms with Gasteiger partial charge in [-0.15, -0.1) is 0 Å². The number of amides is 5. The molecule has 7 heteroatoms. The highest BCUT2D eigenvalue weighted by molar-refractivity contribution is 6.45. The second-order valence-corrected chi connectivity index (χ2v) is 5.21. The molecule has 0 radical (unpaired) electrons. The smallest absolute Gasteiger partial charge is 0.334 e. The third-order valence-corrected chi connectivity index (χ3v) is 2.43. The topological polar surface area (TPSA) is 86.8 Å². The molecular weight excluding hydrogens is 250 g/mol. The summed E-state index contributed by atoms with van der Waals surface area (Å²) in [5, 5.41) is 2.57. The summed E-state index contributed by atoms with van der Waals surface area (Å²) in [7, 11) is 0. The Balaban J connectivity index is 2.75. The van der Waals surface area contributed by atoms with Crippen LogP contribution in [0.1, 0.15) is 27.7 Å². The quantitative estimate of drug-likeness (QED) is 0.560. The van der Waals surface area contributed by atoms with Crippen LogP contribution in [0.15, 0.2) is 0 Å². The third-order valence-electron chi connectivity index (χ3n) is 2.43.